The third-order valence-corrected chi connectivity index (χ3v) is 4.72. The van der Waals surface area contributed by atoms with Gasteiger partial charge in [0.15, 0.2) is 5.96 Å². The molecule has 0 atom stereocenters. The molecule has 2 aromatic rings. The molecule has 1 heterocycles. The normalized spacial score (nSPS) is 12.9. The summed E-state index contributed by atoms with van der Waals surface area (Å²) < 4.78 is 0. The van der Waals surface area contributed by atoms with Crippen molar-refractivity contribution in [3.8, 4) is 0 Å². The van der Waals surface area contributed by atoms with Crippen LogP contribution in [-0.4, -0.2) is 42.3 Å². The summed E-state index contributed by atoms with van der Waals surface area (Å²) >= 11 is 0. The molecule has 150 valence electrons. The molecule has 2 aromatic carbocycles. The number of hydrogen-bond donors (Lipinski definition) is 1. The highest BCUT2D eigenvalue weighted by atomic mass is 127. The van der Waals surface area contributed by atoms with Crippen LogP contribution in [0.5, 0.6) is 0 Å². The van der Waals surface area contributed by atoms with Gasteiger partial charge >= 0.3 is 0 Å². The van der Waals surface area contributed by atoms with E-state index in [0.29, 0.717) is 13.0 Å². The molecule has 0 bridgehead atoms. The Labute approximate surface area is 184 Å². The van der Waals surface area contributed by atoms with Gasteiger partial charge in [0.1, 0.15) is 0 Å². The van der Waals surface area contributed by atoms with Crippen LogP contribution in [-0.2, 0) is 24.4 Å². The third-order valence-electron chi connectivity index (χ3n) is 4.72. The second-order valence-electron chi connectivity index (χ2n) is 7.07. The van der Waals surface area contributed by atoms with E-state index in [1.165, 1.54) is 16.7 Å². The van der Waals surface area contributed by atoms with Crippen molar-refractivity contribution in [2.45, 2.75) is 32.5 Å². The lowest BCUT2D eigenvalue weighted by Gasteiger charge is -2.19. The smallest absolute Gasteiger partial charge is 0.223 e. The van der Waals surface area contributed by atoms with E-state index in [0.717, 1.165) is 32.0 Å². The first-order valence-corrected chi connectivity index (χ1v) is 9.47. The number of aliphatic imine (C=N–C) groups is 1. The highest BCUT2D eigenvalue weighted by Crippen LogP contribution is 2.22. The van der Waals surface area contributed by atoms with Gasteiger partial charge in [0, 0.05) is 40.2 Å². The monoisotopic (exact) mass is 492 g/mol. The fraction of sp³-hybridized carbons (Fsp3) is 0.364. The molecule has 1 aliphatic rings. The maximum absolute atomic E-state index is 12.5. The summed E-state index contributed by atoms with van der Waals surface area (Å²) in [7, 11) is 3.95. The number of fused-ring (bicyclic) bond motifs is 1. The lowest BCUT2D eigenvalue weighted by atomic mass is 10.1. The van der Waals surface area contributed by atoms with Crippen molar-refractivity contribution < 1.29 is 4.79 Å². The third kappa shape index (κ3) is 6.22. The Hall–Kier alpha value is -2.09. The molecule has 5 nitrogen and oxygen atoms in total. The molecule has 0 aliphatic carbocycles. The zero-order valence-corrected chi connectivity index (χ0v) is 18.9. The van der Waals surface area contributed by atoms with E-state index in [9.17, 15) is 4.79 Å². The number of nitrogens with one attached hydrogen (secondary N) is 1. The van der Waals surface area contributed by atoms with Crippen molar-refractivity contribution in [2.75, 3.05) is 20.6 Å². The summed E-state index contributed by atoms with van der Waals surface area (Å²) in [6.07, 6.45) is 1.35. The Morgan fingerprint density at radius 2 is 1.64 bits per heavy atom. The Kier molecular flexibility index (Phi) is 8.76. The second kappa shape index (κ2) is 11.0. The number of guanidine groups is 1. The SMILES string of the molecule is CN(C)C(=NCc1ccccc1)NCCCC(=O)N1Cc2ccccc2C1.I. The van der Waals surface area contributed by atoms with Crippen LogP contribution >= 0.6 is 24.0 Å². The Morgan fingerprint density at radius 3 is 2.25 bits per heavy atom. The molecule has 0 saturated heterocycles. The van der Waals surface area contributed by atoms with E-state index < -0.39 is 0 Å². The van der Waals surface area contributed by atoms with Gasteiger partial charge < -0.3 is 15.1 Å². The van der Waals surface area contributed by atoms with Crippen LogP contribution in [0.1, 0.15) is 29.5 Å². The maximum atomic E-state index is 12.5. The molecule has 1 aliphatic heterocycles. The number of hydrogen-bond acceptors (Lipinski definition) is 2. The summed E-state index contributed by atoms with van der Waals surface area (Å²) in [5, 5.41) is 3.36. The number of amides is 1. The van der Waals surface area contributed by atoms with Gasteiger partial charge in [0.05, 0.1) is 6.54 Å². The predicted molar refractivity (Wildman–Crippen MR) is 125 cm³/mol. The molecule has 28 heavy (non-hydrogen) atoms. The van der Waals surface area contributed by atoms with Crippen molar-refractivity contribution in [3.63, 3.8) is 0 Å². The molecule has 6 heteroatoms. The Bertz CT molecular complexity index is 767. The maximum Gasteiger partial charge on any atom is 0.223 e. The summed E-state index contributed by atoms with van der Waals surface area (Å²) in [5.41, 5.74) is 3.72. The van der Waals surface area contributed by atoms with Crippen molar-refractivity contribution in [1.82, 2.24) is 15.1 Å². The second-order valence-corrected chi connectivity index (χ2v) is 7.07. The van der Waals surface area contributed by atoms with Gasteiger partial charge in [-0.25, -0.2) is 4.99 Å². The molecule has 1 amide bonds. The van der Waals surface area contributed by atoms with Crippen LogP contribution in [0.3, 0.4) is 0 Å². The first-order valence-electron chi connectivity index (χ1n) is 9.47. The van der Waals surface area contributed by atoms with Crippen LogP contribution < -0.4 is 5.32 Å². The molecule has 0 unspecified atom stereocenters. The van der Waals surface area contributed by atoms with E-state index in [4.69, 9.17) is 0 Å². The van der Waals surface area contributed by atoms with Crippen LogP contribution in [0.2, 0.25) is 0 Å². The van der Waals surface area contributed by atoms with Crippen molar-refractivity contribution in [1.29, 1.82) is 0 Å². The standard InChI is InChI=1S/C22H28N4O.HI/c1-25(2)22(24-15-18-9-4-3-5-10-18)23-14-8-13-21(27)26-16-19-11-6-7-12-20(19)17-26;/h3-7,9-12H,8,13-17H2,1-2H3,(H,23,24);1H. The minimum atomic E-state index is 0. The van der Waals surface area contributed by atoms with Gasteiger partial charge in [-0.3, -0.25) is 4.79 Å². The first kappa shape index (κ1) is 22.2. The first-order chi connectivity index (χ1) is 13.1. The van der Waals surface area contributed by atoms with E-state index in [2.05, 4.69) is 34.6 Å². The predicted octanol–water partition coefficient (Wildman–Crippen LogP) is 3.63. The molecule has 0 fully saturated rings. The summed E-state index contributed by atoms with van der Waals surface area (Å²) in [4.78, 5) is 21.0. The van der Waals surface area contributed by atoms with Crippen molar-refractivity contribution in [3.05, 3.63) is 71.3 Å². The van der Waals surface area contributed by atoms with Crippen molar-refractivity contribution in [2.24, 2.45) is 4.99 Å². The number of carbonyl (C=O) groups excluding carboxylic acids is 1. The molecule has 0 aromatic heterocycles. The highest BCUT2D eigenvalue weighted by Gasteiger charge is 2.22. The summed E-state index contributed by atoms with van der Waals surface area (Å²) in [5.74, 6) is 1.07. The highest BCUT2D eigenvalue weighted by molar-refractivity contribution is 14.0. The van der Waals surface area contributed by atoms with Gasteiger partial charge in [-0.05, 0) is 23.1 Å². The van der Waals surface area contributed by atoms with Gasteiger partial charge in [-0.2, -0.15) is 0 Å². The largest absolute Gasteiger partial charge is 0.356 e. The number of nitrogens with zero attached hydrogens (tertiary/aromatic N) is 3. The average molecular weight is 492 g/mol. The van der Waals surface area contributed by atoms with Gasteiger partial charge in [0.2, 0.25) is 5.91 Å². The van der Waals surface area contributed by atoms with Gasteiger partial charge in [0.25, 0.3) is 0 Å². The number of benzene rings is 2. The lowest BCUT2D eigenvalue weighted by Crippen LogP contribution is -2.37. The Balaban J connectivity index is 0.00000280. The van der Waals surface area contributed by atoms with Crippen LogP contribution in [0.25, 0.3) is 0 Å². The van der Waals surface area contributed by atoms with Crippen LogP contribution in [0, 0.1) is 0 Å². The fourth-order valence-electron chi connectivity index (χ4n) is 3.21. The molecule has 0 saturated carbocycles. The van der Waals surface area contributed by atoms with E-state index in [1.54, 1.807) is 0 Å². The van der Waals surface area contributed by atoms with E-state index in [1.807, 2.05) is 54.2 Å². The quantitative estimate of drug-likeness (QED) is 0.290. The lowest BCUT2D eigenvalue weighted by molar-refractivity contribution is -0.131. The van der Waals surface area contributed by atoms with E-state index in [-0.39, 0.29) is 29.9 Å². The number of carbonyl (C=O) groups is 1. The van der Waals surface area contributed by atoms with Gasteiger partial charge in [-0.1, -0.05) is 54.6 Å². The van der Waals surface area contributed by atoms with Crippen LogP contribution in [0.15, 0.2) is 59.6 Å². The zero-order valence-electron chi connectivity index (χ0n) is 16.6. The van der Waals surface area contributed by atoms with E-state index >= 15 is 0 Å². The minimum Gasteiger partial charge on any atom is -0.356 e. The summed E-state index contributed by atoms with van der Waals surface area (Å²) in [6, 6.07) is 18.5. The molecular weight excluding hydrogens is 463 g/mol. The molecule has 0 radical (unpaired) electrons. The van der Waals surface area contributed by atoms with Crippen LogP contribution in [0.4, 0.5) is 0 Å². The molecule has 1 N–H and O–H groups in total. The zero-order chi connectivity index (χ0) is 19.1. The van der Waals surface area contributed by atoms with Gasteiger partial charge in [-0.15, -0.1) is 24.0 Å². The average Bonchev–Trinajstić information content (AvgIpc) is 3.12. The number of rotatable bonds is 6. The topological polar surface area (TPSA) is 47.9 Å². The Morgan fingerprint density at radius 1 is 1.04 bits per heavy atom. The summed E-state index contributed by atoms with van der Waals surface area (Å²) in [6.45, 7) is 2.86. The fourth-order valence-corrected chi connectivity index (χ4v) is 3.21. The molecule has 3 rings (SSSR count). The molecule has 0 spiro atoms. The van der Waals surface area contributed by atoms with Crippen molar-refractivity contribution >= 4 is 35.8 Å². The minimum absolute atomic E-state index is 0. The number of halogens is 1. The molecular formula is C22H29IN4O.